The van der Waals surface area contributed by atoms with E-state index in [1.165, 1.54) is 0 Å². The second-order valence-corrected chi connectivity index (χ2v) is 4.26. The lowest BCUT2D eigenvalue weighted by Crippen LogP contribution is -2.13. The van der Waals surface area contributed by atoms with Crippen molar-refractivity contribution < 1.29 is 4.79 Å². The Labute approximate surface area is 99.3 Å². The van der Waals surface area contributed by atoms with Crippen molar-refractivity contribution in [1.82, 2.24) is 15.1 Å². The lowest BCUT2D eigenvalue weighted by Gasteiger charge is -2.02. The van der Waals surface area contributed by atoms with Crippen molar-refractivity contribution in [2.75, 3.05) is 6.54 Å². The molecule has 0 aliphatic carbocycles. The molecule has 1 atom stereocenters. The number of nitrogens with one attached hydrogen (secondary N) is 1. The first-order valence-corrected chi connectivity index (χ1v) is 5.69. The van der Waals surface area contributed by atoms with Crippen LogP contribution in [0, 0.1) is 0 Å². The smallest absolute Gasteiger partial charge is 0.220 e. The highest BCUT2D eigenvalue weighted by atomic mass is 16.1. The molecule has 0 radical (unpaired) electrons. The zero-order chi connectivity index (χ0) is 11.7. The predicted molar refractivity (Wildman–Crippen MR) is 63.9 cm³/mol. The van der Waals surface area contributed by atoms with Crippen molar-refractivity contribution in [3.8, 4) is 5.69 Å². The number of hydrogen-bond donors (Lipinski definition) is 1. The largest absolute Gasteiger partial charge is 0.355 e. The molecule has 0 spiro atoms. The molecule has 1 aromatic heterocycles. The van der Waals surface area contributed by atoms with E-state index in [1.807, 2.05) is 47.4 Å². The summed E-state index contributed by atoms with van der Waals surface area (Å²) in [4.78, 5) is 11.2. The van der Waals surface area contributed by atoms with E-state index < -0.39 is 0 Å². The van der Waals surface area contributed by atoms with Crippen molar-refractivity contribution in [3.05, 3.63) is 48.3 Å². The van der Waals surface area contributed by atoms with Crippen molar-refractivity contribution in [2.24, 2.45) is 0 Å². The minimum absolute atomic E-state index is 0.127. The molecule has 1 unspecified atom stereocenters. The molecule has 0 bridgehead atoms. The van der Waals surface area contributed by atoms with Gasteiger partial charge in [-0.15, -0.1) is 0 Å². The van der Waals surface area contributed by atoms with Gasteiger partial charge in [0.1, 0.15) is 0 Å². The zero-order valence-corrected chi connectivity index (χ0v) is 9.34. The molecule has 17 heavy (non-hydrogen) atoms. The third-order valence-corrected chi connectivity index (χ3v) is 3.07. The molecule has 1 fully saturated rings. The van der Waals surface area contributed by atoms with Crippen LogP contribution in [0.1, 0.15) is 17.9 Å². The molecule has 1 aliphatic rings. The van der Waals surface area contributed by atoms with Gasteiger partial charge in [-0.3, -0.25) is 4.79 Å². The molecule has 1 amide bonds. The van der Waals surface area contributed by atoms with Gasteiger partial charge in [0.25, 0.3) is 0 Å². The van der Waals surface area contributed by atoms with Crippen LogP contribution in [0.4, 0.5) is 0 Å². The minimum Gasteiger partial charge on any atom is -0.355 e. The number of amides is 1. The maximum Gasteiger partial charge on any atom is 0.220 e. The number of rotatable bonds is 2. The molecule has 2 aromatic rings. The van der Waals surface area contributed by atoms with E-state index in [-0.39, 0.29) is 11.8 Å². The minimum atomic E-state index is 0.127. The van der Waals surface area contributed by atoms with E-state index in [0.717, 1.165) is 17.8 Å². The Bertz CT molecular complexity index is 533. The summed E-state index contributed by atoms with van der Waals surface area (Å²) in [6.07, 6.45) is 4.42. The van der Waals surface area contributed by atoms with Gasteiger partial charge in [-0.2, -0.15) is 5.10 Å². The third kappa shape index (κ3) is 1.93. The SMILES string of the molecule is O=C1CC(c2cnn(-c3ccccc3)c2)CN1. The van der Waals surface area contributed by atoms with Crippen LogP contribution in [-0.4, -0.2) is 22.2 Å². The third-order valence-electron chi connectivity index (χ3n) is 3.07. The molecule has 1 aromatic carbocycles. The fraction of sp³-hybridized carbons (Fsp3) is 0.231. The van der Waals surface area contributed by atoms with Crippen LogP contribution in [0.5, 0.6) is 0 Å². The van der Waals surface area contributed by atoms with Crippen molar-refractivity contribution in [3.63, 3.8) is 0 Å². The van der Waals surface area contributed by atoms with Crippen LogP contribution in [0.15, 0.2) is 42.7 Å². The van der Waals surface area contributed by atoms with Gasteiger partial charge in [-0.25, -0.2) is 4.68 Å². The number of aromatic nitrogens is 2. The van der Waals surface area contributed by atoms with Gasteiger partial charge in [-0.05, 0) is 17.7 Å². The highest BCUT2D eigenvalue weighted by molar-refractivity contribution is 5.79. The second kappa shape index (κ2) is 4.05. The normalized spacial score (nSPS) is 19.3. The van der Waals surface area contributed by atoms with Crippen LogP contribution in [0.3, 0.4) is 0 Å². The Morgan fingerprint density at radius 2 is 2.12 bits per heavy atom. The number of para-hydroxylation sites is 1. The Morgan fingerprint density at radius 3 is 2.82 bits per heavy atom. The maximum absolute atomic E-state index is 11.2. The van der Waals surface area contributed by atoms with Gasteiger partial charge in [0.15, 0.2) is 0 Å². The summed E-state index contributed by atoms with van der Waals surface area (Å²) >= 11 is 0. The van der Waals surface area contributed by atoms with Crippen LogP contribution in [0.25, 0.3) is 5.69 Å². The van der Waals surface area contributed by atoms with Gasteiger partial charge in [0, 0.05) is 25.1 Å². The Hall–Kier alpha value is -2.10. The fourth-order valence-electron chi connectivity index (χ4n) is 2.11. The first kappa shape index (κ1) is 10.1. The topological polar surface area (TPSA) is 46.9 Å². The Morgan fingerprint density at radius 1 is 1.29 bits per heavy atom. The molecule has 1 saturated heterocycles. The van der Waals surface area contributed by atoms with Crippen LogP contribution >= 0.6 is 0 Å². The number of benzene rings is 1. The summed E-state index contributed by atoms with van der Waals surface area (Å²) in [5.41, 5.74) is 2.16. The molecule has 3 rings (SSSR count). The van der Waals surface area contributed by atoms with E-state index in [9.17, 15) is 4.79 Å². The molecule has 1 N–H and O–H groups in total. The average Bonchev–Trinajstić information content (AvgIpc) is 2.98. The van der Waals surface area contributed by atoms with E-state index in [4.69, 9.17) is 0 Å². The Balaban J connectivity index is 1.86. The van der Waals surface area contributed by atoms with Crippen molar-refractivity contribution >= 4 is 5.91 Å². The summed E-state index contributed by atoms with van der Waals surface area (Å²) in [7, 11) is 0. The van der Waals surface area contributed by atoms with Gasteiger partial charge in [0.05, 0.1) is 11.9 Å². The van der Waals surface area contributed by atoms with Crippen LogP contribution in [0.2, 0.25) is 0 Å². The monoisotopic (exact) mass is 227 g/mol. The first-order chi connectivity index (χ1) is 8.33. The summed E-state index contributed by atoms with van der Waals surface area (Å²) in [5.74, 6) is 0.391. The molecule has 4 heteroatoms. The number of nitrogens with zero attached hydrogens (tertiary/aromatic N) is 2. The average molecular weight is 227 g/mol. The fourth-order valence-corrected chi connectivity index (χ4v) is 2.11. The van der Waals surface area contributed by atoms with Gasteiger partial charge in [-0.1, -0.05) is 18.2 Å². The van der Waals surface area contributed by atoms with E-state index >= 15 is 0 Å². The second-order valence-electron chi connectivity index (χ2n) is 4.26. The van der Waals surface area contributed by atoms with Gasteiger partial charge >= 0.3 is 0 Å². The Kier molecular flexibility index (Phi) is 2.40. The lowest BCUT2D eigenvalue weighted by atomic mass is 10.0. The van der Waals surface area contributed by atoms with E-state index in [0.29, 0.717) is 6.42 Å². The molecule has 0 saturated carbocycles. The van der Waals surface area contributed by atoms with E-state index in [2.05, 4.69) is 10.4 Å². The molecular formula is C13H13N3O. The van der Waals surface area contributed by atoms with Crippen LogP contribution in [-0.2, 0) is 4.79 Å². The highest BCUT2D eigenvalue weighted by Gasteiger charge is 2.24. The summed E-state index contributed by atoms with van der Waals surface area (Å²) in [6.45, 7) is 0.722. The lowest BCUT2D eigenvalue weighted by molar-refractivity contribution is -0.119. The van der Waals surface area contributed by atoms with Gasteiger partial charge in [0.2, 0.25) is 5.91 Å². The maximum atomic E-state index is 11.2. The summed E-state index contributed by atoms with van der Waals surface area (Å²) in [5, 5.41) is 7.17. The number of hydrogen-bond acceptors (Lipinski definition) is 2. The summed E-state index contributed by atoms with van der Waals surface area (Å²) < 4.78 is 1.85. The molecule has 1 aliphatic heterocycles. The number of carbonyl (C=O) groups is 1. The quantitative estimate of drug-likeness (QED) is 0.844. The van der Waals surface area contributed by atoms with E-state index in [1.54, 1.807) is 0 Å². The van der Waals surface area contributed by atoms with Gasteiger partial charge < -0.3 is 5.32 Å². The zero-order valence-electron chi connectivity index (χ0n) is 9.34. The van der Waals surface area contributed by atoms with Crippen molar-refractivity contribution in [1.29, 1.82) is 0 Å². The van der Waals surface area contributed by atoms with Crippen LogP contribution < -0.4 is 5.32 Å². The first-order valence-electron chi connectivity index (χ1n) is 5.69. The highest BCUT2D eigenvalue weighted by Crippen LogP contribution is 2.23. The molecule has 2 heterocycles. The molecule has 4 nitrogen and oxygen atoms in total. The number of carbonyl (C=O) groups excluding carboxylic acids is 1. The predicted octanol–water partition coefficient (Wildman–Crippen LogP) is 1.48. The molecule has 86 valence electrons. The molecular weight excluding hydrogens is 214 g/mol. The standard InChI is InChI=1S/C13H13N3O/c17-13-6-10(7-14-13)11-8-15-16(9-11)12-4-2-1-3-5-12/h1-5,8-10H,6-7H2,(H,14,17). The van der Waals surface area contributed by atoms with Crippen molar-refractivity contribution in [2.45, 2.75) is 12.3 Å². The summed E-state index contributed by atoms with van der Waals surface area (Å²) in [6, 6.07) is 9.96.